The lowest BCUT2D eigenvalue weighted by Gasteiger charge is -2.35. The Hall–Kier alpha value is -7.64. The van der Waals surface area contributed by atoms with Crippen LogP contribution in [-0.4, -0.2) is 156 Å². The SMILES string of the molecule is C=CCCCC[C@H](CC(=O)[C@@H]1[C@@H]2[C@H](CN1C(=O)[C@@H](CC(=O)OC(C)(C)C)CN(CC=C)C(=O)OCc1ccccc1)C2(C)C)C(=O)OC.COC(=O)[C@@H]1CCCCC=CCN(C(=O)OCc2ccccc2)C[C@H](CC(=O)OC(C)(C)C)C(=O)N2C[C@H]3[C@@H]([C@H]2C(=O)C1)C3(C)C. The Morgan fingerprint density at radius 1 is 0.702 bits per heavy atom. The number of carbonyl (C=O) groups is 10. The predicted molar refractivity (Wildman–Crippen MR) is 354 cm³/mol. The monoisotopic (exact) mass is 1300 g/mol. The van der Waals surface area contributed by atoms with Gasteiger partial charge in [0.15, 0.2) is 11.6 Å². The molecule has 3 aliphatic heterocycles. The number of carbonyl (C=O) groups excluding carboxylic acids is 10. The van der Waals surface area contributed by atoms with E-state index in [1.807, 2.05) is 78.9 Å². The molecular formula is C74H104N4O16. The number of rotatable bonds is 23. The molecule has 0 unspecified atom stereocenters. The topological polar surface area (TPSA) is 239 Å². The summed E-state index contributed by atoms with van der Waals surface area (Å²) in [7, 11) is 2.65. The van der Waals surface area contributed by atoms with Crippen LogP contribution in [0.1, 0.15) is 157 Å². The second-order valence-corrected chi connectivity index (χ2v) is 29.0. The molecule has 2 aromatic carbocycles. The van der Waals surface area contributed by atoms with E-state index in [9.17, 15) is 47.9 Å². The molecule has 2 aliphatic carbocycles. The smallest absolute Gasteiger partial charge is 0.410 e. The minimum atomic E-state index is -1.00. The maximum atomic E-state index is 14.5. The molecule has 2 saturated heterocycles. The molecule has 2 saturated carbocycles. The molecule has 7 rings (SSSR count). The van der Waals surface area contributed by atoms with Crippen LogP contribution < -0.4 is 0 Å². The van der Waals surface area contributed by atoms with Gasteiger partial charge < -0.3 is 48.0 Å². The normalized spacial score (nSPS) is 23.6. The van der Waals surface area contributed by atoms with Crippen LogP contribution in [0.25, 0.3) is 0 Å². The van der Waals surface area contributed by atoms with E-state index in [0.29, 0.717) is 32.4 Å². The van der Waals surface area contributed by atoms with Gasteiger partial charge in [0.2, 0.25) is 11.8 Å². The lowest BCUT2D eigenvalue weighted by Crippen LogP contribution is -2.51. The number of esters is 4. The van der Waals surface area contributed by atoms with Crippen molar-refractivity contribution >= 4 is 59.4 Å². The summed E-state index contributed by atoms with van der Waals surface area (Å²) in [5.41, 5.74) is -0.205. The Balaban J connectivity index is 0.000000298. The van der Waals surface area contributed by atoms with Crippen molar-refractivity contribution in [3.05, 3.63) is 109 Å². The lowest BCUT2D eigenvalue weighted by molar-refractivity contribution is -0.160. The van der Waals surface area contributed by atoms with Crippen molar-refractivity contribution in [3.63, 3.8) is 0 Å². The summed E-state index contributed by atoms with van der Waals surface area (Å²) in [6.07, 6.45) is 10.9. The Labute approximate surface area is 556 Å². The number of methoxy groups -OCH3 is 2. The Morgan fingerprint density at radius 3 is 1.90 bits per heavy atom. The predicted octanol–water partition coefficient (Wildman–Crippen LogP) is 11.5. The van der Waals surface area contributed by atoms with Gasteiger partial charge in [0, 0.05) is 52.1 Å². The summed E-state index contributed by atoms with van der Waals surface area (Å²) >= 11 is 0. The van der Waals surface area contributed by atoms with Gasteiger partial charge in [0.25, 0.3) is 0 Å². The first-order valence-corrected chi connectivity index (χ1v) is 33.4. The van der Waals surface area contributed by atoms with Gasteiger partial charge in [-0.2, -0.15) is 0 Å². The highest BCUT2D eigenvalue weighted by atomic mass is 16.6. The van der Waals surface area contributed by atoms with Gasteiger partial charge in [-0.1, -0.05) is 126 Å². The van der Waals surface area contributed by atoms with E-state index in [0.717, 1.165) is 43.2 Å². The number of amides is 4. The van der Waals surface area contributed by atoms with E-state index in [-0.39, 0.29) is 117 Å². The van der Waals surface area contributed by atoms with Crippen molar-refractivity contribution in [1.29, 1.82) is 0 Å². The molecule has 0 N–H and O–H groups in total. The van der Waals surface area contributed by atoms with Crippen LogP contribution in [0.15, 0.2) is 98.1 Å². The van der Waals surface area contributed by atoms with E-state index in [2.05, 4.69) is 40.9 Å². The minimum Gasteiger partial charge on any atom is -0.469 e. The third-order valence-electron chi connectivity index (χ3n) is 19.0. The maximum absolute atomic E-state index is 14.5. The zero-order valence-electron chi connectivity index (χ0n) is 57.7. The van der Waals surface area contributed by atoms with Crippen LogP contribution in [-0.2, 0) is 80.0 Å². The number of nitrogens with zero attached hydrogens (tertiary/aromatic N) is 4. The quantitative estimate of drug-likeness (QED) is 0.0435. The third-order valence-corrected chi connectivity index (χ3v) is 19.0. The summed E-state index contributed by atoms with van der Waals surface area (Å²) < 4.78 is 32.5. The van der Waals surface area contributed by atoms with Gasteiger partial charge in [-0.25, -0.2) is 9.59 Å². The first-order chi connectivity index (χ1) is 44.4. The second kappa shape index (κ2) is 33.7. The molecule has 0 spiro atoms. The third kappa shape index (κ3) is 20.9. The van der Waals surface area contributed by atoms with Gasteiger partial charge in [-0.3, -0.25) is 38.4 Å². The van der Waals surface area contributed by atoms with Crippen molar-refractivity contribution in [3.8, 4) is 0 Å². The number of piperidine rings is 2. The summed E-state index contributed by atoms with van der Waals surface area (Å²) in [4.78, 5) is 141. The van der Waals surface area contributed by atoms with Crippen molar-refractivity contribution < 1.29 is 76.4 Å². The average Bonchev–Trinajstić information content (AvgIpc) is 1.54. The molecule has 4 amide bonds. The molecule has 20 nitrogen and oxygen atoms in total. The average molecular weight is 1310 g/mol. The summed E-state index contributed by atoms with van der Waals surface area (Å²) in [5.74, 6) is -6.22. The zero-order valence-corrected chi connectivity index (χ0v) is 57.7. The van der Waals surface area contributed by atoms with Gasteiger partial charge in [0.05, 0.1) is 62.8 Å². The number of benzene rings is 2. The molecule has 2 aromatic rings. The molecule has 3 heterocycles. The van der Waals surface area contributed by atoms with E-state index >= 15 is 0 Å². The molecule has 0 aromatic heterocycles. The van der Waals surface area contributed by atoms with Crippen LogP contribution >= 0.6 is 0 Å². The van der Waals surface area contributed by atoms with Crippen molar-refractivity contribution in [1.82, 2.24) is 19.6 Å². The number of Topliss-reactive ketones (excluding diaryl/α,β-unsaturated/α-hetero) is 2. The van der Waals surface area contributed by atoms with E-state index in [1.54, 1.807) is 51.3 Å². The largest absolute Gasteiger partial charge is 0.469 e. The van der Waals surface area contributed by atoms with Crippen molar-refractivity contribution in [2.45, 2.75) is 183 Å². The highest BCUT2D eigenvalue weighted by molar-refractivity contribution is 5.96. The first kappa shape index (κ1) is 75.4. The molecule has 10 atom stereocenters. The molecule has 5 aliphatic rings. The second-order valence-electron chi connectivity index (χ2n) is 29.0. The molecular weight excluding hydrogens is 1200 g/mol. The number of unbranched alkanes of at least 4 members (excludes halogenated alkanes) is 2. The van der Waals surface area contributed by atoms with E-state index in [4.69, 9.17) is 28.4 Å². The van der Waals surface area contributed by atoms with E-state index < -0.39 is 88.9 Å². The van der Waals surface area contributed by atoms with Gasteiger partial charge in [-0.05, 0) is 126 Å². The Bertz CT molecular complexity index is 3020. The molecule has 0 radical (unpaired) electrons. The maximum Gasteiger partial charge on any atom is 0.410 e. The highest BCUT2D eigenvalue weighted by Gasteiger charge is 2.70. The fourth-order valence-electron chi connectivity index (χ4n) is 13.9. The number of likely N-dealkylation sites (tertiary alicyclic amines) is 1. The fourth-order valence-corrected chi connectivity index (χ4v) is 13.9. The lowest BCUT2D eigenvalue weighted by atomic mass is 9.89. The minimum absolute atomic E-state index is 0.00900. The van der Waals surface area contributed by atoms with Crippen LogP contribution in [0.5, 0.6) is 0 Å². The van der Waals surface area contributed by atoms with Gasteiger partial charge in [-0.15, -0.1) is 13.2 Å². The van der Waals surface area contributed by atoms with Crippen LogP contribution in [0.2, 0.25) is 0 Å². The van der Waals surface area contributed by atoms with Gasteiger partial charge in [0.1, 0.15) is 24.4 Å². The zero-order chi connectivity index (χ0) is 69.3. The van der Waals surface area contributed by atoms with Crippen LogP contribution in [0.4, 0.5) is 9.59 Å². The number of hydrogen-bond donors (Lipinski definition) is 0. The number of allylic oxidation sites excluding steroid dienone is 2. The molecule has 0 bridgehead atoms. The van der Waals surface area contributed by atoms with E-state index in [1.165, 1.54) is 30.1 Å². The van der Waals surface area contributed by atoms with Gasteiger partial charge >= 0.3 is 36.1 Å². The van der Waals surface area contributed by atoms with Crippen molar-refractivity contribution in [2.75, 3.05) is 53.5 Å². The number of fused-ring (bicyclic) bond motifs is 4. The summed E-state index contributed by atoms with van der Waals surface area (Å²) in [6, 6.07) is 17.1. The van der Waals surface area contributed by atoms with Crippen LogP contribution in [0.3, 0.4) is 0 Å². The highest BCUT2D eigenvalue weighted by Crippen LogP contribution is 2.66. The van der Waals surface area contributed by atoms with Crippen LogP contribution in [0, 0.1) is 58.2 Å². The Morgan fingerprint density at radius 2 is 1.31 bits per heavy atom. The molecule has 94 heavy (non-hydrogen) atoms. The number of hydrogen-bond acceptors (Lipinski definition) is 16. The molecule has 20 heteroatoms. The van der Waals surface area contributed by atoms with Crippen molar-refractivity contribution in [2.24, 2.45) is 58.2 Å². The molecule has 4 fully saturated rings. The fraction of sp³-hybridized carbons (Fsp3) is 0.622. The Kier molecular flexibility index (Phi) is 27.0. The standard InChI is InChI=1S/C38H54N2O8.C36H50N2O8/c1-9-11-12-16-19-27(35(44)46-8)21-30(41)33-32-29(38(32,6)7)24-40(33)34(43)28(22-31(42)48-37(3,4)5)23-39(20-10-2)36(45)47-25-26-17-14-13-15-18-26;1-35(2,3)46-29(40)20-26-21-37(34(43)45-23-24-15-11-10-12-16-24)18-14-9-7-8-13-17-25(33(42)44-6)19-28(39)31-30-27(36(30,4)5)22-38(31)32(26)41/h9-10,13-15,17-18,27-29,32-33H,1-2,11-12,16,19-25H2,3-8H3;9-12,14-16,25-27,30-31H,7-8,13,17-23H2,1-6H3/t27-,28+,29+,32+,33-;25-,26+,27+,30+,31-/m11/s1. The number of ketones is 2. The first-order valence-electron chi connectivity index (χ1n) is 33.4. The molecule has 516 valence electrons. The summed E-state index contributed by atoms with van der Waals surface area (Å²) in [6.45, 7) is 27.2. The summed E-state index contributed by atoms with van der Waals surface area (Å²) in [5, 5.41) is 0. The number of ether oxygens (including phenoxy) is 6.